The Balaban J connectivity index is 2.48. The molecule has 0 aliphatic carbocycles. The Bertz CT molecular complexity index is 471. The predicted octanol–water partition coefficient (Wildman–Crippen LogP) is 2.53. The van der Waals surface area contributed by atoms with Gasteiger partial charge in [-0.05, 0) is 31.0 Å². The zero-order valence-corrected chi connectivity index (χ0v) is 9.28. The summed E-state index contributed by atoms with van der Waals surface area (Å²) in [5.74, 6) is 0. The summed E-state index contributed by atoms with van der Waals surface area (Å²) in [6.45, 7) is 4.18. The number of aryl methyl sites for hydroxylation is 2. The lowest BCUT2D eigenvalue weighted by atomic mass is 10.1. The van der Waals surface area contributed by atoms with Gasteiger partial charge in [-0.2, -0.15) is 5.10 Å². The molecule has 1 heterocycles. The van der Waals surface area contributed by atoms with Crippen LogP contribution in [0.25, 0.3) is 5.69 Å². The van der Waals surface area contributed by atoms with Crippen molar-refractivity contribution in [1.82, 2.24) is 9.78 Å². The van der Waals surface area contributed by atoms with Crippen molar-refractivity contribution in [2.45, 2.75) is 13.8 Å². The molecule has 1 aromatic carbocycles. The highest BCUT2D eigenvalue weighted by Crippen LogP contribution is 2.16. The largest absolute Gasteiger partial charge is 0.386 e. The Hall–Kier alpha value is -1.77. The van der Waals surface area contributed by atoms with Gasteiger partial charge in [0.25, 0.3) is 0 Å². The van der Waals surface area contributed by atoms with Crippen molar-refractivity contribution in [2.24, 2.45) is 0 Å². The number of hydrogen-bond acceptors (Lipinski definition) is 2. The summed E-state index contributed by atoms with van der Waals surface area (Å²) in [6, 6.07) is 6.37. The van der Waals surface area contributed by atoms with E-state index in [4.69, 9.17) is 0 Å². The molecule has 78 valence electrons. The van der Waals surface area contributed by atoms with Crippen molar-refractivity contribution in [2.75, 3.05) is 12.4 Å². The Kier molecular flexibility index (Phi) is 2.46. The highest BCUT2D eigenvalue weighted by atomic mass is 15.3. The average molecular weight is 201 g/mol. The minimum Gasteiger partial charge on any atom is -0.386 e. The third-order valence-corrected chi connectivity index (χ3v) is 2.48. The van der Waals surface area contributed by atoms with E-state index in [-0.39, 0.29) is 0 Å². The Morgan fingerprint density at radius 1 is 1.27 bits per heavy atom. The zero-order valence-electron chi connectivity index (χ0n) is 9.28. The number of nitrogens with one attached hydrogen (secondary N) is 1. The van der Waals surface area contributed by atoms with E-state index in [0.29, 0.717) is 0 Å². The first-order valence-corrected chi connectivity index (χ1v) is 5.01. The second-order valence-electron chi connectivity index (χ2n) is 3.71. The molecule has 0 radical (unpaired) electrons. The molecule has 0 saturated heterocycles. The Morgan fingerprint density at radius 3 is 2.73 bits per heavy atom. The molecule has 3 nitrogen and oxygen atoms in total. The van der Waals surface area contributed by atoms with Crippen molar-refractivity contribution in [3.63, 3.8) is 0 Å². The fourth-order valence-electron chi connectivity index (χ4n) is 1.55. The Morgan fingerprint density at radius 2 is 2.07 bits per heavy atom. The van der Waals surface area contributed by atoms with Gasteiger partial charge in [0.1, 0.15) is 0 Å². The van der Waals surface area contributed by atoms with Gasteiger partial charge in [-0.3, -0.25) is 0 Å². The fraction of sp³-hybridized carbons (Fsp3) is 0.250. The zero-order chi connectivity index (χ0) is 10.8. The van der Waals surface area contributed by atoms with Crippen LogP contribution < -0.4 is 5.32 Å². The van der Waals surface area contributed by atoms with E-state index >= 15 is 0 Å². The molecule has 1 aromatic heterocycles. The Labute approximate surface area is 89.7 Å². The lowest BCUT2D eigenvalue weighted by Crippen LogP contribution is -1.97. The molecule has 0 spiro atoms. The van der Waals surface area contributed by atoms with Gasteiger partial charge in [-0.1, -0.05) is 12.1 Å². The highest BCUT2D eigenvalue weighted by molar-refractivity contribution is 5.46. The van der Waals surface area contributed by atoms with Gasteiger partial charge in [0.15, 0.2) is 0 Å². The number of nitrogens with zero attached hydrogens (tertiary/aromatic N) is 2. The lowest BCUT2D eigenvalue weighted by molar-refractivity contribution is 0.871. The van der Waals surface area contributed by atoms with Crippen molar-refractivity contribution >= 4 is 5.69 Å². The number of benzene rings is 1. The predicted molar refractivity (Wildman–Crippen MR) is 62.6 cm³/mol. The van der Waals surface area contributed by atoms with Gasteiger partial charge in [0.05, 0.1) is 23.8 Å². The van der Waals surface area contributed by atoms with Crippen LogP contribution in [-0.2, 0) is 0 Å². The van der Waals surface area contributed by atoms with Crippen LogP contribution in [0.2, 0.25) is 0 Å². The minimum absolute atomic E-state index is 1.02. The molecular weight excluding hydrogens is 186 g/mol. The molecule has 0 saturated carbocycles. The molecule has 0 bridgehead atoms. The lowest BCUT2D eigenvalue weighted by Gasteiger charge is -2.06. The van der Waals surface area contributed by atoms with E-state index in [1.165, 1.54) is 11.1 Å². The van der Waals surface area contributed by atoms with Gasteiger partial charge < -0.3 is 5.32 Å². The molecule has 2 rings (SSSR count). The van der Waals surface area contributed by atoms with E-state index in [1.807, 2.05) is 24.1 Å². The summed E-state index contributed by atoms with van der Waals surface area (Å²) >= 11 is 0. The van der Waals surface area contributed by atoms with Crippen LogP contribution in [0.5, 0.6) is 0 Å². The maximum atomic E-state index is 4.31. The van der Waals surface area contributed by atoms with Crippen molar-refractivity contribution in [1.29, 1.82) is 0 Å². The van der Waals surface area contributed by atoms with Crippen LogP contribution in [-0.4, -0.2) is 16.8 Å². The van der Waals surface area contributed by atoms with Crippen LogP contribution >= 0.6 is 0 Å². The first-order valence-electron chi connectivity index (χ1n) is 5.01. The molecule has 0 atom stereocenters. The number of hydrogen-bond donors (Lipinski definition) is 1. The maximum Gasteiger partial charge on any atom is 0.0728 e. The first kappa shape index (κ1) is 9.77. The molecule has 1 N–H and O–H groups in total. The molecule has 3 heteroatoms. The summed E-state index contributed by atoms with van der Waals surface area (Å²) in [5, 5.41) is 7.38. The van der Waals surface area contributed by atoms with Crippen LogP contribution in [0.1, 0.15) is 11.1 Å². The fourth-order valence-corrected chi connectivity index (χ4v) is 1.55. The highest BCUT2D eigenvalue weighted by Gasteiger charge is 2.03. The van der Waals surface area contributed by atoms with Crippen LogP contribution in [0.3, 0.4) is 0 Å². The topological polar surface area (TPSA) is 29.9 Å². The van der Waals surface area contributed by atoms with Gasteiger partial charge in [0, 0.05) is 7.05 Å². The minimum atomic E-state index is 1.02. The van der Waals surface area contributed by atoms with Gasteiger partial charge in [0.2, 0.25) is 0 Å². The monoisotopic (exact) mass is 201 g/mol. The molecule has 0 fully saturated rings. The van der Waals surface area contributed by atoms with Gasteiger partial charge in [-0.15, -0.1) is 0 Å². The van der Waals surface area contributed by atoms with Gasteiger partial charge in [-0.25, -0.2) is 4.68 Å². The van der Waals surface area contributed by atoms with Gasteiger partial charge >= 0.3 is 0 Å². The molecule has 2 aromatic rings. The molecular formula is C12H15N3. The number of rotatable bonds is 2. The molecule has 0 unspecified atom stereocenters. The number of anilines is 1. The summed E-state index contributed by atoms with van der Waals surface area (Å²) in [5.41, 5.74) is 4.64. The molecule has 0 aliphatic heterocycles. The SMILES string of the molecule is CNc1cnn(-c2cc(C)ccc2C)c1. The first-order chi connectivity index (χ1) is 7.20. The smallest absolute Gasteiger partial charge is 0.0728 e. The van der Waals surface area contributed by atoms with E-state index < -0.39 is 0 Å². The molecule has 0 amide bonds. The third-order valence-electron chi connectivity index (χ3n) is 2.48. The summed E-state index contributed by atoms with van der Waals surface area (Å²) in [7, 11) is 1.89. The second kappa shape index (κ2) is 3.77. The summed E-state index contributed by atoms with van der Waals surface area (Å²) in [6.07, 6.45) is 3.81. The van der Waals surface area contributed by atoms with Crippen molar-refractivity contribution in [3.05, 3.63) is 41.7 Å². The average Bonchev–Trinajstić information content (AvgIpc) is 2.70. The quantitative estimate of drug-likeness (QED) is 0.809. The summed E-state index contributed by atoms with van der Waals surface area (Å²) in [4.78, 5) is 0. The number of aromatic nitrogens is 2. The van der Waals surface area contributed by atoms with Crippen molar-refractivity contribution in [3.8, 4) is 5.69 Å². The third kappa shape index (κ3) is 1.86. The standard InChI is InChI=1S/C12H15N3/c1-9-4-5-10(2)12(6-9)15-8-11(13-3)7-14-15/h4-8,13H,1-3H3. The van der Waals surface area contributed by atoms with E-state index in [9.17, 15) is 0 Å². The summed E-state index contributed by atoms with van der Waals surface area (Å²) < 4.78 is 1.90. The normalized spacial score (nSPS) is 10.3. The van der Waals surface area contributed by atoms with Crippen LogP contribution in [0.15, 0.2) is 30.6 Å². The van der Waals surface area contributed by atoms with Crippen LogP contribution in [0.4, 0.5) is 5.69 Å². The maximum absolute atomic E-state index is 4.31. The van der Waals surface area contributed by atoms with E-state index in [0.717, 1.165) is 11.4 Å². The van der Waals surface area contributed by atoms with E-state index in [1.54, 1.807) is 0 Å². The van der Waals surface area contributed by atoms with Crippen molar-refractivity contribution < 1.29 is 0 Å². The van der Waals surface area contributed by atoms with Crippen LogP contribution in [0, 0.1) is 13.8 Å². The van der Waals surface area contributed by atoms with E-state index in [2.05, 4.69) is 42.5 Å². The molecule has 0 aliphatic rings. The molecule has 15 heavy (non-hydrogen) atoms. The second-order valence-corrected chi connectivity index (χ2v) is 3.71.